The molecule has 6 rings (SSSR count). The molecule has 0 radical (unpaired) electrons. The minimum atomic E-state index is 0.268. The number of rotatable bonds is 9. The first-order valence-corrected chi connectivity index (χ1v) is 13.6. The first kappa shape index (κ1) is 23.9. The van der Waals surface area contributed by atoms with E-state index in [2.05, 4.69) is 41.7 Å². The second-order valence-electron chi connectivity index (χ2n) is 10.3. The van der Waals surface area contributed by atoms with Crippen molar-refractivity contribution in [2.45, 2.75) is 51.0 Å². The van der Waals surface area contributed by atoms with E-state index < -0.39 is 0 Å². The third-order valence-corrected chi connectivity index (χ3v) is 7.65. The molecule has 0 saturated heterocycles. The van der Waals surface area contributed by atoms with E-state index in [0.717, 1.165) is 40.5 Å². The van der Waals surface area contributed by atoms with Gasteiger partial charge in [0.2, 0.25) is 6.79 Å². The Hall–Kier alpha value is -3.44. The van der Waals surface area contributed by atoms with E-state index in [4.69, 9.17) is 14.2 Å². The van der Waals surface area contributed by atoms with Gasteiger partial charge in [-0.2, -0.15) is 0 Å². The predicted octanol–water partition coefficient (Wildman–Crippen LogP) is 6.79. The molecule has 37 heavy (non-hydrogen) atoms. The van der Waals surface area contributed by atoms with E-state index in [1.165, 1.54) is 56.1 Å². The van der Waals surface area contributed by atoms with Crippen molar-refractivity contribution in [1.82, 2.24) is 5.32 Å². The second-order valence-corrected chi connectivity index (χ2v) is 10.3. The molecule has 0 amide bonds. The fraction of sp³-hybridized carbons (Fsp3) is 0.375. The van der Waals surface area contributed by atoms with Gasteiger partial charge in [0.25, 0.3) is 0 Å². The number of ether oxygens (including phenoxy) is 3. The Morgan fingerprint density at radius 2 is 1.46 bits per heavy atom. The molecule has 5 nitrogen and oxygen atoms in total. The smallest absolute Gasteiger partial charge is 0.231 e. The Labute approximate surface area is 219 Å². The molecular weight excluding hydrogens is 462 g/mol. The van der Waals surface area contributed by atoms with Crippen molar-refractivity contribution in [2.75, 3.05) is 19.9 Å². The van der Waals surface area contributed by atoms with Crippen LogP contribution in [0.4, 0.5) is 0 Å². The summed E-state index contributed by atoms with van der Waals surface area (Å²) in [6, 6.07) is 22.9. The molecule has 2 saturated carbocycles. The van der Waals surface area contributed by atoms with E-state index in [1.54, 1.807) is 12.1 Å². The van der Waals surface area contributed by atoms with E-state index in [9.17, 15) is 5.11 Å². The van der Waals surface area contributed by atoms with E-state index in [1.807, 2.05) is 18.2 Å². The van der Waals surface area contributed by atoms with Gasteiger partial charge in [0.15, 0.2) is 11.5 Å². The summed E-state index contributed by atoms with van der Waals surface area (Å²) in [4.78, 5) is 0. The standard InChI is InChI=1S/C32H35NO4/c34-27-13-8-23(9-14-27)31(32(22-6-7-22)25-12-17-29-30(20-25)37-21-36-29)24-10-15-28(16-11-24)35-19-18-33-26-4-2-1-3-5-26/h8-17,20,22,26,33-34H,1-7,18-19,21H2. The van der Waals surface area contributed by atoms with Crippen LogP contribution in [0.2, 0.25) is 0 Å². The van der Waals surface area contributed by atoms with Crippen LogP contribution in [0.15, 0.2) is 66.7 Å². The minimum Gasteiger partial charge on any atom is -0.508 e. The first-order valence-electron chi connectivity index (χ1n) is 13.6. The molecule has 3 aliphatic rings. The van der Waals surface area contributed by atoms with Gasteiger partial charge in [0.1, 0.15) is 18.1 Å². The van der Waals surface area contributed by atoms with Crippen molar-refractivity contribution in [3.05, 3.63) is 83.4 Å². The maximum Gasteiger partial charge on any atom is 0.231 e. The van der Waals surface area contributed by atoms with Crippen molar-refractivity contribution in [3.8, 4) is 23.0 Å². The number of fused-ring (bicyclic) bond motifs is 1. The van der Waals surface area contributed by atoms with Gasteiger partial charge < -0.3 is 24.6 Å². The lowest BCUT2D eigenvalue weighted by Crippen LogP contribution is -2.34. The van der Waals surface area contributed by atoms with E-state index in [-0.39, 0.29) is 12.5 Å². The molecule has 2 aliphatic carbocycles. The third-order valence-electron chi connectivity index (χ3n) is 7.65. The van der Waals surface area contributed by atoms with Crippen LogP contribution in [0.1, 0.15) is 61.6 Å². The summed E-state index contributed by atoms with van der Waals surface area (Å²) in [5.41, 5.74) is 5.88. The summed E-state index contributed by atoms with van der Waals surface area (Å²) in [5, 5.41) is 13.6. The highest BCUT2D eigenvalue weighted by Crippen LogP contribution is 2.49. The normalized spacial score (nSPS) is 17.9. The molecule has 3 aromatic carbocycles. The Morgan fingerprint density at radius 3 is 2.19 bits per heavy atom. The molecule has 0 atom stereocenters. The number of hydrogen-bond acceptors (Lipinski definition) is 5. The quantitative estimate of drug-likeness (QED) is 0.252. The molecule has 0 spiro atoms. The highest BCUT2D eigenvalue weighted by molar-refractivity contribution is 6.00. The van der Waals surface area contributed by atoms with Crippen molar-refractivity contribution in [1.29, 1.82) is 0 Å². The highest BCUT2D eigenvalue weighted by atomic mass is 16.7. The molecule has 2 fully saturated rings. The summed E-state index contributed by atoms with van der Waals surface area (Å²) in [6.45, 7) is 1.81. The second kappa shape index (κ2) is 10.9. The maximum atomic E-state index is 9.95. The number of benzene rings is 3. The van der Waals surface area contributed by atoms with Crippen LogP contribution < -0.4 is 19.5 Å². The molecule has 3 aromatic rings. The van der Waals surface area contributed by atoms with Gasteiger partial charge >= 0.3 is 0 Å². The topological polar surface area (TPSA) is 60.0 Å². The number of phenols is 1. The fourth-order valence-electron chi connectivity index (χ4n) is 5.58. The van der Waals surface area contributed by atoms with Crippen molar-refractivity contribution < 1.29 is 19.3 Å². The fourth-order valence-corrected chi connectivity index (χ4v) is 5.58. The molecule has 192 valence electrons. The van der Waals surface area contributed by atoms with E-state index >= 15 is 0 Å². The van der Waals surface area contributed by atoms with Gasteiger partial charge in [0, 0.05) is 12.6 Å². The summed E-state index contributed by atoms with van der Waals surface area (Å²) in [6.07, 6.45) is 8.96. The first-order chi connectivity index (χ1) is 18.2. The Morgan fingerprint density at radius 1 is 0.784 bits per heavy atom. The van der Waals surface area contributed by atoms with Gasteiger partial charge in [0.05, 0.1) is 0 Å². The third kappa shape index (κ3) is 5.62. The molecule has 2 N–H and O–H groups in total. The Bertz CT molecular complexity index is 1240. The lowest BCUT2D eigenvalue weighted by atomic mass is 9.87. The molecule has 0 unspecified atom stereocenters. The zero-order valence-electron chi connectivity index (χ0n) is 21.2. The number of nitrogens with one attached hydrogen (secondary N) is 1. The Kier molecular flexibility index (Phi) is 7.05. The largest absolute Gasteiger partial charge is 0.508 e. The van der Waals surface area contributed by atoms with Crippen LogP contribution >= 0.6 is 0 Å². The van der Waals surface area contributed by atoms with Crippen LogP contribution in [-0.4, -0.2) is 31.1 Å². The monoisotopic (exact) mass is 497 g/mol. The van der Waals surface area contributed by atoms with Crippen LogP contribution in [0.5, 0.6) is 23.0 Å². The van der Waals surface area contributed by atoms with Crippen molar-refractivity contribution >= 4 is 11.1 Å². The summed E-state index contributed by atoms with van der Waals surface area (Å²) in [5.74, 6) is 3.24. The number of aromatic hydroxyl groups is 1. The Balaban J connectivity index is 1.27. The maximum absolute atomic E-state index is 9.95. The van der Waals surface area contributed by atoms with Gasteiger partial charge in [-0.3, -0.25) is 0 Å². The van der Waals surface area contributed by atoms with Crippen LogP contribution in [0, 0.1) is 5.92 Å². The van der Waals surface area contributed by atoms with Crippen LogP contribution in [-0.2, 0) is 0 Å². The molecular formula is C32H35NO4. The van der Waals surface area contributed by atoms with Gasteiger partial charge in [-0.1, -0.05) is 49.6 Å². The molecule has 1 heterocycles. The summed E-state index contributed by atoms with van der Waals surface area (Å²) >= 11 is 0. The number of phenolic OH excluding ortho intramolecular Hbond substituents is 1. The lowest BCUT2D eigenvalue weighted by Gasteiger charge is -2.22. The summed E-state index contributed by atoms with van der Waals surface area (Å²) < 4.78 is 17.3. The van der Waals surface area contributed by atoms with Crippen LogP contribution in [0.25, 0.3) is 11.1 Å². The number of allylic oxidation sites excluding steroid dienone is 1. The molecule has 5 heteroatoms. The van der Waals surface area contributed by atoms with Crippen molar-refractivity contribution in [2.24, 2.45) is 5.92 Å². The van der Waals surface area contributed by atoms with E-state index in [0.29, 0.717) is 18.6 Å². The SMILES string of the molecule is Oc1ccc(C(=C(c2ccc3c(c2)OCO3)C2CC2)c2ccc(OCCNC3CCCCC3)cc2)cc1. The molecule has 0 bridgehead atoms. The highest BCUT2D eigenvalue weighted by Gasteiger charge is 2.31. The zero-order chi connectivity index (χ0) is 25.0. The van der Waals surface area contributed by atoms with Gasteiger partial charge in [-0.15, -0.1) is 0 Å². The van der Waals surface area contributed by atoms with Crippen molar-refractivity contribution in [3.63, 3.8) is 0 Å². The average molecular weight is 498 g/mol. The summed E-state index contributed by atoms with van der Waals surface area (Å²) in [7, 11) is 0. The van der Waals surface area contributed by atoms with Gasteiger partial charge in [-0.25, -0.2) is 0 Å². The zero-order valence-corrected chi connectivity index (χ0v) is 21.2. The average Bonchev–Trinajstić information content (AvgIpc) is 3.67. The predicted molar refractivity (Wildman–Crippen MR) is 146 cm³/mol. The number of hydrogen-bond donors (Lipinski definition) is 2. The lowest BCUT2D eigenvalue weighted by molar-refractivity contribution is 0.174. The molecule has 0 aromatic heterocycles. The van der Waals surface area contributed by atoms with Crippen LogP contribution in [0.3, 0.4) is 0 Å². The van der Waals surface area contributed by atoms with Gasteiger partial charge in [-0.05, 0) is 95.8 Å². The minimum absolute atomic E-state index is 0.268. The molecule has 1 aliphatic heterocycles.